The summed E-state index contributed by atoms with van der Waals surface area (Å²) >= 11 is 1.72. The third kappa shape index (κ3) is 3.39. The van der Waals surface area contributed by atoms with E-state index < -0.39 is 0 Å². The number of anilines is 1. The van der Waals surface area contributed by atoms with Crippen LogP contribution in [0.15, 0.2) is 24.3 Å². The van der Waals surface area contributed by atoms with Crippen LogP contribution in [-0.4, -0.2) is 43.2 Å². The molecular weight excluding hydrogens is 322 g/mol. The van der Waals surface area contributed by atoms with Crippen molar-refractivity contribution in [1.29, 1.82) is 0 Å². The summed E-state index contributed by atoms with van der Waals surface area (Å²) in [6, 6.07) is 8.50. The first-order chi connectivity index (χ1) is 11.8. The standard InChI is InChI=1S/C18H23N3O2S/c22-17(19-14-7-10-23-11-8-14)13-4-3-9-21(12-13)18-20-15-5-1-2-6-16(15)24-18/h1-2,5-6,13-14H,3-4,7-12H2,(H,19,22). The second-order valence-electron chi connectivity index (χ2n) is 6.64. The van der Waals surface area contributed by atoms with Crippen molar-refractivity contribution in [2.24, 2.45) is 5.92 Å². The largest absolute Gasteiger partial charge is 0.381 e. The zero-order valence-electron chi connectivity index (χ0n) is 13.7. The summed E-state index contributed by atoms with van der Waals surface area (Å²) in [7, 11) is 0. The number of thiazole rings is 1. The van der Waals surface area contributed by atoms with Gasteiger partial charge in [-0.15, -0.1) is 0 Å². The summed E-state index contributed by atoms with van der Waals surface area (Å²) in [6.07, 6.45) is 3.87. The molecule has 1 aromatic carbocycles. The van der Waals surface area contributed by atoms with Crippen LogP contribution < -0.4 is 10.2 Å². The van der Waals surface area contributed by atoms with E-state index in [1.807, 2.05) is 12.1 Å². The quantitative estimate of drug-likeness (QED) is 0.929. The minimum Gasteiger partial charge on any atom is -0.381 e. The molecule has 1 N–H and O–H groups in total. The fourth-order valence-corrected chi connectivity index (χ4v) is 4.52. The lowest BCUT2D eigenvalue weighted by Gasteiger charge is -2.33. The number of carbonyl (C=O) groups excluding carboxylic acids is 1. The predicted molar refractivity (Wildman–Crippen MR) is 96.5 cm³/mol. The highest BCUT2D eigenvalue weighted by Gasteiger charge is 2.29. The minimum absolute atomic E-state index is 0.0635. The van der Waals surface area contributed by atoms with Gasteiger partial charge in [-0.3, -0.25) is 4.79 Å². The molecule has 0 bridgehead atoms. The Hall–Kier alpha value is -1.66. The van der Waals surface area contributed by atoms with Crippen molar-refractivity contribution < 1.29 is 9.53 Å². The van der Waals surface area contributed by atoms with Crippen LogP contribution in [0.25, 0.3) is 10.2 Å². The molecule has 5 nitrogen and oxygen atoms in total. The van der Waals surface area contributed by atoms with E-state index in [1.165, 1.54) is 4.70 Å². The van der Waals surface area contributed by atoms with Crippen molar-refractivity contribution in [3.63, 3.8) is 0 Å². The average Bonchev–Trinajstić information content (AvgIpc) is 3.07. The van der Waals surface area contributed by atoms with Crippen LogP contribution >= 0.6 is 11.3 Å². The van der Waals surface area contributed by atoms with E-state index in [4.69, 9.17) is 9.72 Å². The fraction of sp³-hybridized carbons (Fsp3) is 0.556. The number of para-hydroxylation sites is 1. The second-order valence-corrected chi connectivity index (χ2v) is 7.65. The van der Waals surface area contributed by atoms with Crippen molar-refractivity contribution in [3.05, 3.63) is 24.3 Å². The zero-order valence-corrected chi connectivity index (χ0v) is 14.6. The Bertz CT molecular complexity index is 678. The Kier molecular flexibility index (Phi) is 4.67. The van der Waals surface area contributed by atoms with Gasteiger partial charge in [-0.2, -0.15) is 0 Å². The average molecular weight is 345 g/mol. The van der Waals surface area contributed by atoms with E-state index in [1.54, 1.807) is 11.3 Å². The van der Waals surface area contributed by atoms with Crippen LogP contribution in [0.5, 0.6) is 0 Å². The predicted octanol–water partition coefficient (Wildman–Crippen LogP) is 2.81. The number of hydrogen-bond acceptors (Lipinski definition) is 5. The summed E-state index contributed by atoms with van der Waals surface area (Å²) < 4.78 is 6.57. The van der Waals surface area contributed by atoms with Crippen LogP contribution in [0.3, 0.4) is 0 Å². The van der Waals surface area contributed by atoms with Gasteiger partial charge in [0.15, 0.2) is 5.13 Å². The normalized spacial score (nSPS) is 22.7. The van der Waals surface area contributed by atoms with Crippen molar-refractivity contribution in [3.8, 4) is 0 Å². The van der Waals surface area contributed by atoms with E-state index >= 15 is 0 Å². The molecule has 6 heteroatoms. The number of carbonyl (C=O) groups is 1. The van der Waals surface area contributed by atoms with Crippen molar-refractivity contribution in [2.75, 3.05) is 31.2 Å². The first-order valence-corrected chi connectivity index (χ1v) is 9.60. The summed E-state index contributed by atoms with van der Waals surface area (Å²) in [5, 5.41) is 4.27. The van der Waals surface area contributed by atoms with Crippen LogP contribution in [0, 0.1) is 5.92 Å². The van der Waals surface area contributed by atoms with Gasteiger partial charge in [0, 0.05) is 32.3 Å². The van der Waals surface area contributed by atoms with Crippen molar-refractivity contribution >= 4 is 32.6 Å². The lowest BCUT2D eigenvalue weighted by molar-refractivity contribution is -0.126. The molecule has 24 heavy (non-hydrogen) atoms. The van der Waals surface area contributed by atoms with E-state index in [0.29, 0.717) is 0 Å². The number of benzene rings is 1. The van der Waals surface area contributed by atoms with Crippen LogP contribution in [0.2, 0.25) is 0 Å². The third-order valence-electron chi connectivity index (χ3n) is 4.91. The number of piperidine rings is 1. The molecule has 2 fully saturated rings. The fourth-order valence-electron chi connectivity index (χ4n) is 3.52. The van der Waals surface area contributed by atoms with Gasteiger partial charge in [-0.25, -0.2) is 4.98 Å². The maximum Gasteiger partial charge on any atom is 0.225 e. The summed E-state index contributed by atoms with van der Waals surface area (Å²) in [6.45, 7) is 3.27. The molecule has 2 aliphatic heterocycles. The van der Waals surface area contributed by atoms with E-state index in [2.05, 4.69) is 22.3 Å². The molecule has 1 amide bonds. The maximum absolute atomic E-state index is 12.6. The summed E-state index contributed by atoms with van der Waals surface area (Å²) in [4.78, 5) is 19.6. The first kappa shape index (κ1) is 15.8. The number of nitrogens with one attached hydrogen (secondary N) is 1. The molecule has 0 aliphatic carbocycles. The van der Waals surface area contributed by atoms with Gasteiger partial charge < -0.3 is 15.0 Å². The number of nitrogens with zero attached hydrogens (tertiary/aromatic N) is 2. The molecule has 1 atom stereocenters. The topological polar surface area (TPSA) is 54.5 Å². The number of amides is 1. The highest BCUT2D eigenvalue weighted by molar-refractivity contribution is 7.22. The molecule has 0 spiro atoms. The third-order valence-corrected chi connectivity index (χ3v) is 6.01. The Morgan fingerprint density at radius 2 is 2.08 bits per heavy atom. The maximum atomic E-state index is 12.6. The lowest BCUT2D eigenvalue weighted by atomic mass is 9.96. The monoisotopic (exact) mass is 345 g/mol. The highest BCUT2D eigenvalue weighted by atomic mass is 32.1. The van der Waals surface area contributed by atoms with Gasteiger partial charge in [0.05, 0.1) is 16.1 Å². The molecule has 1 aromatic heterocycles. The molecule has 128 valence electrons. The van der Waals surface area contributed by atoms with Gasteiger partial charge in [-0.05, 0) is 37.8 Å². The minimum atomic E-state index is 0.0635. The Balaban J connectivity index is 1.42. The zero-order chi connectivity index (χ0) is 16.4. The molecule has 2 saturated heterocycles. The molecule has 3 heterocycles. The van der Waals surface area contributed by atoms with Gasteiger partial charge in [0.25, 0.3) is 0 Å². The van der Waals surface area contributed by atoms with Gasteiger partial charge >= 0.3 is 0 Å². The lowest BCUT2D eigenvalue weighted by Crippen LogP contribution is -2.47. The second kappa shape index (κ2) is 7.07. The van der Waals surface area contributed by atoms with E-state index in [-0.39, 0.29) is 17.9 Å². The summed E-state index contributed by atoms with van der Waals surface area (Å²) in [5.41, 5.74) is 1.05. The SMILES string of the molecule is O=C(NC1CCOCC1)C1CCCN(c2nc3ccccc3s2)C1. The first-order valence-electron chi connectivity index (χ1n) is 8.78. The van der Waals surface area contributed by atoms with E-state index in [9.17, 15) is 4.79 Å². The number of hydrogen-bond donors (Lipinski definition) is 1. The van der Waals surface area contributed by atoms with Crippen molar-refractivity contribution in [1.82, 2.24) is 10.3 Å². The molecular formula is C18H23N3O2S. The number of aromatic nitrogens is 1. The molecule has 0 radical (unpaired) electrons. The van der Waals surface area contributed by atoms with Gasteiger partial charge in [0.2, 0.25) is 5.91 Å². The summed E-state index contributed by atoms with van der Waals surface area (Å²) in [5.74, 6) is 0.265. The molecule has 2 aliphatic rings. The molecule has 1 unspecified atom stereocenters. The number of ether oxygens (including phenoxy) is 1. The number of rotatable bonds is 3. The molecule has 2 aromatic rings. The van der Waals surface area contributed by atoms with Gasteiger partial charge in [-0.1, -0.05) is 23.5 Å². The Morgan fingerprint density at radius 1 is 1.25 bits per heavy atom. The highest BCUT2D eigenvalue weighted by Crippen LogP contribution is 2.31. The van der Waals surface area contributed by atoms with Crippen molar-refractivity contribution in [2.45, 2.75) is 31.7 Å². The Labute approximate surface area is 146 Å². The molecule has 4 rings (SSSR count). The van der Waals surface area contributed by atoms with E-state index in [0.717, 1.165) is 62.6 Å². The van der Waals surface area contributed by atoms with Crippen LogP contribution in [0.1, 0.15) is 25.7 Å². The van der Waals surface area contributed by atoms with Crippen LogP contribution in [0.4, 0.5) is 5.13 Å². The number of fused-ring (bicyclic) bond motifs is 1. The smallest absolute Gasteiger partial charge is 0.225 e. The molecule has 0 saturated carbocycles. The Morgan fingerprint density at radius 3 is 2.92 bits per heavy atom. The van der Waals surface area contributed by atoms with Gasteiger partial charge in [0.1, 0.15) is 0 Å². The van der Waals surface area contributed by atoms with Crippen LogP contribution in [-0.2, 0) is 9.53 Å².